The third-order valence-corrected chi connectivity index (χ3v) is 3.99. The molecule has 0 atom stereocenters. The number of nitro groups is 1. The van der Waals surface area contributed by atoms with E-state index in [9.17, 15) is 15.2 Å². The van der Waals surface area contributed by atoms with Crippen LogP contribution in [-0.4, -0.2) is 35.8 Å². The van der Waals surface area contributed by atoms with Gasteiger partial charge in [-0.2, -0.15) is 0 Å². The van der Waals surface area contributed by atoms with Crippen molar-refractivity contribution in [3.63, 3.8) is 0 Å². The van der Waals surface area contributed by atoms with Gasteiger partial charge in [0.25, 0.3) is 0 Å². The molecule has 6 heteroatoms. The first-order valence-electron chi connectivity index (χ1n) is 6.33. The van der Waals surface area contributed by atoms with Crippen LogP contribution in [0.5, 0.6) is 5.75 Å². The van der Waals surface area contributed by atoms with Crippen molar-refractivity contribution < 1.29 is 14.8 Å². The fraction of sp³-hybridized carbons (Fsp3) is 0.538. The van der Waals surface area contributed by atoms with Crippen LogP contribution in [-0.2, 0) is 0 Å². The second-order valence-corrected chi connectivity index (χ2v) is 5.35. The molecule has 19 heavy (non-hydrogen) atoms. The van der Waals surface area contributed by atoms with Crippen molar-refractivity contribution >= 4 is 11.4 Å². The predicted molar refractivity (Wildman–Crippen MR) is 69.5 cm³/mol. The SMILES string of the molecule is COc1cc(N2CC(O)(C3CC3)C2)ccc1[N+](=O)[O-]. The highest BCUT2D eigenvalue weighted by atomic mass is 16.6. The molecule has 102 valence electrons. The smallest absolute Gasteiger partial charge is 0.311 e. The van der Waals surface area contributed by atoms with Crippen molar-refractivity contribution in [1.82, 2.24) is 0 Å². The van der Waals surface area contributed by atoms with Crippen LogP contribution in [0.15, 0.2) is 18.2 Å². The van der Waals surface area contributed by atoms with Crippen LogP contribution in [0.4, 0.5) is 11.4 Å². The number of aliphatic hydroxyl groups is 1. The van der Waals surface area contributed by atoms with Crippen molar-refractivity contribution in [3.05, 3.63) is 28.3 Å². The van der Waals surface area contributed by atoms with Crippen molar-refractivity contribution in [2.45, 2.75) is 18.4 Å². The first kappa shape index (κ1) is 12.2. The average Bonchev–Trinajstić information content (AvgIpc) is 3.18. The summed E-state index contributed by atoms with van der Waals surface area (Å²) in [5.41, 5.74) is 0.256. The summed E-state index contributed by atoms with van der Waals surface area (Å²) in [7, 11) is 1.42. The molecule has 0 aromatic heterocycles. The monoisotopic (exact) mass is 264 g/mol. The Labute approximate surface area is 110 Å². The number of hydrogen-bond acceptors (Lipinski definition) is 5. The van der Waals surface area contributed by atoms with E-state index in [2.05, 4.69) is 0 Å². The molecule has 0 radical (unpaired) electrons. The lowest BCUT2D eigenvalue weighted by atomic mass is 9.88. The predicted octanol–water partition coefficient (Wildman–Crippen LogP) is 1.56. The largest absolute Gasteiger partial charge is 0.490 e. The summed E-state index contributed by atoms with van der Waals surface area (Å²) in [6, 6.07) is 4.81. The molecule has 0 bridgehead atoms. The summed E-state index contributed by atoms with van der Waals surface area (Å²) in [6.07, 6.45) is 2.21. The van der Waals surface area contributed by atoms with Crippen LogP contribution in [0.1, 0.15) is 12.8 Å². The first-order chi connectivity index (χ1) is 9.03. The lowest BCUT2D eigenvalue weighted by molar-refractivity contribution is -0.385. The Morgan fingerprint density at radius 3 is 2.68 bits per heavy atom. The van der Waals surface area contributed by atoms with Crippen molar-refractivity contribution in [1.29, 1.82) is 0 Å². The van der Waals surface area contributed by atoms with Gasteiger partial charge in [-0.25, -0.2) is 0 Å². The summed E-state index contributed by atoms with van der Waals surface area (Å²) >= 11 is 0. The van der Waals surface area contributed by atoms with E-state index >= 15 is 0 Å². The minimum Gasteiger partial charge on any atom is -0.490 e. The molecule has 1 aromatic carbocycles. The summed E-state index contributed by atoms with van der Waals surface area (Å²) < 4.78 is 5.05. The van der Waals surface area contributed by atoms with Crippen LogP contribution in [0.2, 0.25) is 0 Å². The van der Waals surface area contributed by atoms with E-state index in [0.717, 1.165) is 18.5 Å². The lowest BCUT2D eigenvalue weighted by Crippen LogP contribution is -2.63. The zero-order chi connectivity index (χ0) is 13.6. The number of benzene rings is 1. The molecule has 0 spiro atoms. The minimum atomic E-state index is -0.561. The van der Waals surface area contributed by atoms with Crippen LogP contribution >= 0.6 is 0 Å². The van der Waals surface area contributed by atoms with Crippen LogP contribution < -0.4 is 9.64 Å². The Balaban J connectivity index is 1.77. The summed E-state index contributed by atoms with van der Waals surface area (Å²) in [4.78, 5) is 12.4. The number of β-amino-alcohol motifs (C(OH)–C–C–N with tert-alkyl or cyclic N) is 1. The molecule has 1 aromatic rings. The van der Waals surface area contributed by atoms with E-state index in [0.29, 0.717) is 19.0 Å². The first-order valence-corrected chi connectivity index (χ1v) is 6.33. The maximum absolute atomic E-state index is 10.8. The highest BCUT2D eigenvalue weighted by Crippen LogP contribution is 2.46. The van der Waals surface area contributed by atoms with E-state index in [1.54, 1.807) is 12.1 Å². The molecule has 1 saturated carbocycles. The zero-order valence-electron chi connectivity index (χ0n) is 10.7. The van der Waals surface area contributed by atoms with Gasteiger partial charge in [0.2, 0.25) is 0 Å². The fourth-order valence-electron chi connectivity index (χ4n) is 2.69. The molecule has 2 fully saturated rings. The van der Waals surface area contributed by atoms with E-state index in [1.807, 2.05) is 4.90 Å². The van der Waals surface area contributed by atoms with Gasteiger partial charge in [-0.15, -0.1) is 0 Å². The van der Waals surface area contributed by atoms with Gasteiger partial charge < -0.3 is 14.7 Å². The van der Waals surface area contributed by atoms with E-state index in [1.165, 1.54) is 13.2 Å². The van der Waals surface area contributed by atoms with Crippen LogP contribution in [0.25, 0.3) is 0 Å². The Morgan fingerprint density at radius 1 is 1.47 bits per heavy atom. The van der Waals surface area contributed by atoms with Gasteiger partial charge in [-0.05, 0) is 24.8 Å². The molecule has 1 heterocycles. The molecule has 1 aliphatic carbocycles. The Kier molecular flexibility index (Phi) is 2.63. The molecule has 0 amide bonds. The third kappa shape index (κ3) is 2.02. The van der Waals surface area contributed by atoms with Gasteiger partial charge in [-0.3, -0.25) is 10.1 Å². The van der Waals surface area contributed by atoms with Gasteiger partial charge in [0.1, 0.15) is 5.60 Å². The summed E-state index contributed by atoms with van der Waals surface area (Å²) in [5.74, 6) is 0.688. The highest BCUT2D eigenvalue weighted by Gasteiger charge is 2.52. The molecule has 1 saturated heterocycles. The third-order valence-electron chi connectivity index (χ3n) is 3.99. The van der Waals surface area contributed by atoms with Crippen LogP contribution in [0.3, 0.4) is 0 Å². The van der Waals surface area contributed by atoms with E-state index in [-0.39, 0.29) is 11.4 Å². The Bertz CT molecular complexity index is 521. The summed E-state index contributed by atoms with van der Waals surface area (Å²) in [5, 5.41) is 21.1. The number of nitrogens with zero attached hydrogens (tertiary/aromatic N) is 2. The standard InChI is InChI=1S/C13H16N2O4/c1-19-12-6-10(4-5-11(12)15(17)18)14-7-13(16,8-14)9-2-3-9/h4-6,9,16H,2-3,7-8H2,1H3. The maximum atomic E-state index is 10.8. The van der Waals surface area contributed by atoms with Gasteiger partial charge in [0.15, 0.2) is 5.75 Å². The quantitative estimate of drug-likeness (QED) is 0.659. The number of ether oxygens (including phenoxy) is 1. The summed E-state index contributed by atoms with van der Waals surface area (Å²) in [6.45, 7) is 1.19. The van der Waals surface area contributed by atoms with Gasteiger partial charge in [0, 0.05) is 30.9 Å². The normalized spacial score (nSPS) is 20.8. The minimum absolute atomic E-state index is 0.0378. The number of methoxy groups -OCH3 is 1. The van der Waals surface area contributed by atoms with Gasteiger partial charge in [0.05, 0.1) is 12.0 Å². The Morgan fingerprint density at radius 2 is 2.16 bits per heavy atom. The maximum Gasteiger partial charge on any atom is 0.311 e. The fourth-order valence-corrected chi connectivity index (χ4v) is 2.69. The van der Waals surface area contributed by atoms with Crippen LogP contribution in [0, 0.1) is 16.0 Å². The molecular weight excluding hydrogens is 248 g/mol. The number of hydrogen-bond donors (Lipinski definition) is 1. The average molecular weight is 264 g/mol. The van der Waals surface area contributed by atoms with Gasteiger partial charge >= 0.3 is 5.69 Å². The number of nitro benzene ring substituents is 1. The van der Waals surface area contributed by atoms with Crippen molar-refractivity contribution in [2.24, 2.45) is 5.92 Å². The van der Waals surface area contributed by atoms with Crippen molar-refractivity contribution in [2.75, 3.05) is 25.1 Å². The number of rotatable bonds is 4. The van der Waals surface area contributed by atoms with E-state index < -0.39 is 10.5 Å². The Hall–Kier alpha value is -1.82. The second-order valence-electron chi connectivity index (χ2n) is 5.35. The van der Waals surface area contributed by atoms with Gasteiger partial charge in [-0.1, -0.05) is 0 Å². The second kappa shape index (κ2) is 4.09. The molecule has 2 aliphatic rings. The molecule has 1 aliphatic heterocycles. The highest BCUT2D eigenvalue weighted by molar-refractivity contribution is 5.61. The molecular formula is C13H16N2O4. The van der Waals surface area contributed by atoms with E-state index in [4.69, 9.17) is 4.74 Å². The topological polar surface area (TPSA) is 75.8 Å². The zero-order valence-corrected chi connectivity index (χ0v) is 10.7. The van der Waals surface area contributed by atoms with Crippen molar-refractivity contribution in [3.8, 4) is 5.75 Å². The molecule has 0 unspecified atom stereocenters. The lowest BCUT2D eigenvalue weighted by Gasteiger charge is -2.48. The molecule has 6 nitrogen and oxygen atoms in total. The number of anilines is 1. The molecule has 3 rings (SSSR count). The molecule has 1 N–H and O–H groups in total.